The lowest BCUT2D eigenvalue weighted by molar-refractivity contribution is -0.137. The molecule has 0 aliphatic carbocycles. The topological polar surface area (TPSA) is 140 Å². The molecule has 3 N–H and O–H groups in total. The standard InChI is InChI=1S/C24H16F3N7O3/c1-12(35)34(28)19-8-5-13(10-30-19)17-6-7-18-20(31-17)21-16(11-29-18)22(36)32-23(37)33(21)15-4-2-3-14(9-15)24(25,26)27/h2-11H,28H2,1H3,(H,32,36,37). The van der Waals surface area contributed by atoms with Crippen molar-refractivity contribution in [3.05, 3.63) is 87.3 Å². The molecule has 0 spiro atoms. The Hall–Kier alpha value is -4.91. The van der Waals surface area contributed by atoms with Gasteiger partial charge < -0.3 is 0 Å². The number of aromatic amines is 1. The summed E-state index contributed by atoms with van der Waals surface area (Å²) >= 11 is 0. The van der Waals surface area contributed by atoms with Crippen molar-refractivity contribution in [3.8, 4) is 16.9 Å². The van der Waals surface area contributed by atoms with Crippen LogP contribution in [-0.4, -0.2) is 30.4 Å². The number of carbonyl (C=O) groups excluding carboxylic acids is 1. The third-order valence-corrected chi connectivity index (χ3v) is 5.64. The number of hydrogen-bond donors (Lipinski definition) is 2. The largest absolute Gasteiger partial charge is 0.416 e. The summed E-state index contributed by atoms with van der Waals surface area (Å²) in [6, 6.07) is 10.5. The van der Waals surface area contributed by atoms with E-state index in [1.165, 1.54) is 37.5 Å². The molecule has 4 aromatic heterocycles. The predicted octanol–water partition coefficient (Wildman–Crippen LogP) is 2.93. The van der Waals surface area contributed by atoms with E-state index in [2.05, 4.69) is 19.9 Å². The van der Waals surface area contributed by atoms with Crippen molar-refractivity contribution in [2.24, 2.45) is 5.84 Å². The fourth-order valence-corrected chi connectivity index (χ4v) is 3.84. The fraction of sp³-hybridized carbons (Fsp3) is 0.0833. The number of aromatic nitrogens is 5. The van der Waals surface area contributed by atoms with Gasteiger partial charge in [-0.2, -0.15) is 13.2 Å². The lowest BCUT2D eigenvalue weighted by Crippen LogP contribution is -2.36. The minimum Gasteiger partial charge on any atom is -0.273 e. The molecule has 5 rings (SSSR count). The van der Waals surface area contributed by atoms with Gasteiger partial charge in [-0.15, -0.1) is 0 Å². The van der Waals surface area contributed by atoms with Gasteiger partial charge in [0, 0.05) is 24.9 Å². The number of amides is 1. The minimum atomic E-state index is -4.65. The van der Waals surface area contributed by atoms with Crippen molar-refractivity contribution in [1.29, 1.82) is 0 Å². The summed E-state index contributed by atoms with van der Waals surface area (Å²) < 4.78 is 41.1. The van der Waals surface area contributed by atoms with Gasteiger partial charge in [-0.3, -0.25) is 24.1 Å². The summed E-state index contributed by atoms with van der Waals surface area (Å²) in [7, 11) is 0. The van der Waals surface area contributed by atoms with Crippen LogP contribution in [0.5, 0.6) is 0 Å². The van der Waals surface area contributed by atoms with Crippen molar-refractivity contribution in [3.63, 3.8) is 0 Å². The average Bonchev–Trinajstić information content (AvgIpc) is 2.87. The highest BCUT2D eigenvalue weighted by molar-refractivity contribution is 6.01. The summed E-state index contributed by atoms with van der Waals surface area (Å²) in [5, 5.41) is 0.831. The Morgan fingerprint density at radius 3 is 2.51 bits per heavy atom. The van der Waals surface area contributed by atoms with Gasteiger partial charge in [-0.1, -0.05) is 6.07 Å². The van der Waals surface area contributed by atoms with Crippen molar-refractivity contribution in [2.75, 3.05) is 5.01 Å². The number of alkyl halides is 3. The molecular weight excluding hydrogens is 491 g/mol. The van der Waals surface area contributed by atoms with Gasteiger partial charge in [0.2, 0.25) is 5.91 Å². The van der Waals surface area contributed by atoms with E-state index in [9.17, 15) is 27.6 Å². The van der Waals surface area contributed by atoms with Gasteiger partial charge in [0.15, 0.2) is 0 Å². The SMILES string of the molecule is CC(=O)N(N)c1ccc(-c2ccc3ncc4c(=O)[nH]c(=O)n(-c5cccc(C(F)(F)F)c5)c4c3n2)cn1. The second kappa shape index (κ2) is 8.64. The molecule has 0 unspecified atom stereocenters. The highest BCUT2D eigenvalue weighted by Gasteiger charge is 2.31. The molecule has 0 aliphatic rings. The highest BCUT2D eigenvalue weighted by atomic mass is 19.4. The maximum absolute atomic E-state index is 13.4. The smallest absolute Gasteiger partial charge is 0.273 e. The van der Waals surface area contributed by atoms with Crippen LogP contribution in [0.3, 0.4) is 0 Å². The highest BCUT2D eigenvalue weighted by Crippen LogP contribution is 2.31. The van der Waals surface area contributed by atoms with Crippen LogP contribution in [0.15, 0.2) is 70.5 Å². The van der Waals surface area contributed by atoms with E-state index in [0.717, 1.165) is 21.7 Å². The number of halogens is 3. The zero-order chi connectivity index (χ0) is 26.5. The van der Waals surface area contributed by atoms with Gasteiger partial charge >= 0.3 is 11.9 Å². The van der Waals surface area contributed by atoms with Gasteiger partial charge in [0.25, 0.3) is 5.56 Å². The number of nitrogens with one attached hydrogen (secondary N) is 1. The number of H-pyrrole nitrogens is 1. The van der Waals surface area contributed by atoms with E-state index in [0.29, 0.717) is 16.8 Å². The Morgan fingerprint density at radius 2 is 1.84 bits per heavy atom. The number of hydrogen-bond acceptors (Lipinski definition) is 7. The number of carbonyl (C=O) groups is 1. The molecule has 1 aromatic carbocycles. The van der Waals surface area contributed by atoms with Crippen molar-refractivity contribution < 1.29 is 18.0 Å². The van der Waals surface area contributed by atoms with Crippen molar-refractivity contribution in [2.45, 2.75) is 13.1 Å². The summed E-state index contributed by atoms with van der Waals surface area (Å²) in [5.74, 6) is 5.45. The van der Waals surface area contributed by atoms with E-state index in [1.807, 2.05) is 0 Å². The Kier molecular flexibility index (Phi) is 5.56. The van der Waals surface area contributed by atoms with Crippen LogP contribution in [-0.2, 0) is 11.0 Å². The van der Waals surface area contributed by atoms with Gasteiger partial charge in [-0.05, 0) is 42.5 Å². The van der Waals surface area contributed by atoms with E-state index in [1.54, 1.807) is 18.2 Å². The van der Waals surface area contributed by atoms with Crippen LogP contribution < -0.4 is 22.1 Å². The Labute approximate surface area is 204 Å². The molecule has 0 bridgehead atoms. The second-order valence-corrected chi connectivity index (χ2v) is 8.02. The van der Waals surface area contributed by atoms with Gasteiger partial charge in [0.05, 0.1) is 33.4 Å². The van der Waals surface area contributed by atoms with Crippen molar-refractivity contribution >= 4 is 33.7 Å². The molecule has 4 heterocycles. The summed E-state index contributed by atoms with van der Waals surface area (Å²) in [5.41, 5.74) is -1.48. The maximum Gasteiger partial charge on any atom is 0.416 e. The van der Waals surface area contributed by atoms with E-state index < -0.39 is 28.9 Å². The van der Waals surface area contributed by atoms with Crippen LogP contribution in [0.2, 0.25) is 0 Å². The molecule has 0 saturated carbocycles. The number of fused-ring (bicyclic) bond motifs is 3. The van der Waals surface area contributed by atoms with Crippen LogP contribution >= 0.6 is 0 Å². The zero-order valence-corrected chi connectivity index (χ0v) is 18.9. The second-order valence-electron chi connectivity index (χ2n) is 8.02. The Balaban J connectivity index is 1.77. The molecule has 13 heteroatoms. The summed E-state index contributed by atoms with van der Waals surface area (Å²) in [4.78, 5) is 52.0. The third kappa shape index (κ3) is 4.21. The molecular formula is C24H16F3N7O3. The van der Waals surface area contributed by atoms with Crippen LogP contribution in [0.25, 0.3) is 38.9 Å². The molecule has 0 saturated heterocycles. The Bertz CT molecular complexity index is 1810. The van der Waals surface area contributed by atoms with Crippen LogP contribution in [0.1, 0.15) is 12.5 Å². The summed E-state index contributed by atoms with van der Waals surface area (Å²) in [6.07, 6.45) is -1.99. The molecule has 0 aliphatic heterocycles. The van der Waals surface area contributed by atoms with Gasteiger partial charge in [-0.25, -0.2) is 25.6 Å². The minimum absolute atomic E-state index is 0.00535. The molecule has 10 nitrogen and oxygen atoms in total. The van der Waals surface area contributed by atoms with Crippen LogP contribution in [0, 0.1) is 0 Å². The number of nitrogens with zero attached hydrogens (tertiary/aromatic N) is 5. The fourth-order valence-electron chi connectivity index (χ4n) is 3.84. The molecule has 0 fully saturated rings. The monoisotopic (exact) mass is 507 g/mol. The number of pyridine rings is 3. The average molecular weight is 507 g/mol. The van der Waals surface area contributed by atoms with Crippen molar-refractivity contribution in [1.82, 2.24) is 24.5 Å². The molecule has 0 atom stereocenters. The van der Waals surface area contributed by atoms with E-state index in [-0.39, 0.29) is 27.9 Å². The third-order valence-electron chi connectivity index (χ3n) is 5.64. The first-order valence-corrected chi connectivity index (χ1v) is 10.7. The lowest BCUT2D eigenvalue weighted by atomic mass is 10.1. The Morgan fingerprint density at radius 1 is 1.05 bits per heavy atom. The molecule has 37 heavy (non-hydrogen) atoms. The molecule has 0 radical (unpaired) electrons. The summed E-state index contributed by atoms with van der Waals surface area (Å²) in [6.45, 7) is 1.28. The molecule has 1 amide bonds. The number of rotatable bonds is 3. The number of anilines is 1. The molecule has 5 aromatic rings. The number of nitrogens with two attached hydrogens (primary N) is 1. The first-order valence-electron chi connectivity index (χ1n) is 10.7. The normalized spacial score (nSPS) is 11.7. The first-order chi connectivity index (χ1) is 17.5. The maximum atomic E-state index is 13.4. The number of hydrazine groups is 1. The first kappa shape index (κ1) is 23.8. The quantitative estimate of drug-likeness (QED) is 0.166. The van der Waals surface area contributed by atoms with E-state index in [4.69, 9.17) is 5.84 Å². The molecule has 186 valence electrons. The number of benzene rings is 1. The lowest BCUT2D eigenvalue weighted by Gasteiger charge is -2.14. The van der Waals surface area contributed by atoms with E-state index >= 15 is 0 Å². The van der Waals surface area contributed by atoms with Crippen LogP contribution in [0.4, 0.5) is 19.0 Å². The predicted molar refractivity (Wildman–Crippen MR) is 129 cm³/mol. The zero-order valence-electron chi connectivity index (χ0n) is 18.9. The van der Waals surface area contributed by atoms with Gasteiger partial charge in [0.1, 0.15) is 11.3 Å².